The molecule has 106 valence electrons. The Kier molecular flexibility index (Phi) is 3.94. The number of hydrogen-bond acceptors (Lipinski definition) is 4. The van der Waals surface area contributed by atoms with Crippen molar-refractivity contribution in [3.05, 3.63) is 46.0 Å². The molecule has 1 aliphatic rings. The predicted molar refractivity (Wildman–Crippen MR) is 82.0 cm³/mol. The zero-order valence-corrected chi connectivity index (χ0v) is 13.8. The van der Waals surface area contributed by atoms with Crippen molar-refractivity contribution in [1.29, 1.82) is 0 Å². The highest BCUT2D eigenvalue weighted by Crippen LogP contribution is 2.36. The number of hydrogen-bond donors (Lipinski definition) is 0. The van der Waals surface area contributed by atoms with Crippen LogP contribution in [0.1, 0.15) is 18.5 Å². The van der Waals surface area contributed by atoms with Crippen molar-refractivity contribution < 1.29 is 8.42 Å². The molecule has 2 aromatic rings. The molecule has 0 aromatic carbocycles. The SMILES string of the molecule is O=S(=O)(c1ccc(Br)s1)N(Cc1ccccn1)C1CC1. The number of pyridine rings is 1. The fourth-order valence-electron chi connectivity index (χ4n) is 1.98. The van der Waals surface area contributed by atoms with Crippen molar-refractivity contribution in [2.75, 3.05) is 0 Å². The minimum absolute atomic E-state index is 0.114. The molecule has 1 saturated carbocycles. The molecule has 2 aromatic heterocycles. The molecular formula is C13H13BrN2O2S2. The van der Waals surface area contributed by atoms with E-state index in [0.29, 0.717) is 10.8 Å². The lowest BCUT2D eigenvalue weighted by molar-refractivity contribution is 0.395. The molecule has 7 heteroatoms. The summed E-state index contributed by atoms with van der Waals surface area (Å²) in [6.07, 6.45) is 3.55. The van der Waals surface area contributed by atoms with Crippen molar-refractivity contribution >= 4 is 37.3 Å². The molecule has 0 saturated heterocycles. The van der Waals surface area contributed by atoms with Crippen LogP contribution in [0.25, 0.3) is 0 Å². The molecule has 3 rings (SSSR count). The Morgan fingerprint density at radius 2 is 2.10 bits per heavy atom. The molecule has 0 bridgehead atoms. The van der Waals surface area contributed by atoms with E-state index in [1.165, 1.54) is 11.3 Å². The standard InChI is InChI=1S/C13H13BrN2O2S2/c14-12-6-7-13(19-12)20(17,18)16(11-4-5-11)9-10-3-1-2-8-15-10/h1-3,6-8,11H,4-5,9H2. The van der Waals surface area contributed by atoms with Crippen molar-refractivity contribution in [2.24, 2.45) is 0 Å². The second-order valence-corrected chi connectivity index (χ2v) is 9.24. The predicted octanol–water partition coefficient (Wildman–Crippen LogP) is 3.26. The van der Waals surface area contributed by atoms with Crippen molar-refractivity contribution in [3.8, 4) is 0 Å². The second kappa shape index (κ2) is 5.55. The highest BCUT2D eigenvalue weighted by Gasteiger charge is 2.38. The summed E-state index contributed by atoms with van der Waals surface area (Å²) in [6.45, 7) is 0.337. The molecule has 1 fully saturated rings. The Hall–Kier alpha value is -0.760. The van der Waals surface area contributed by atoms with E-state index in [1.807, 2.05) is 18.2 Å². The van der Waals surface area contributed by atoms with Crippen LogP contribution in [-0.2, 0) is 16.6 Å². The van der Waals surface area contributed by atoms with Crippen LogP contribution in [0, 0.1) is 0 Å². The number of sulfonamides is 1. The highest BCUT2D eigenvalue weighted by molar-refractivity contribution is 9.11. The van der Waals surface area contributed by atoms with Crippen LogP contribution in [0.5, 0.6) is 0 Å². The lowest BCUT2D eigenvalue weighted by Crippen LogP contribution is -2.32. The molecule has 0 unspecified atom stereocenters. The molecule has 0 aliphatic heterocycles. The number of thiophene rings is 1. The molecule has 0 spiro atoms. The summed E-state index contributed by atoms with van der Waals surface area (Å²) in [5, 5.41) is 0. The fraction of sp³-hybridized carbons (Fsp3) is 0.308. The van der Waals surface area contributed by atoms with Crippen LogP contribution in [-0.4, -0.2) is 23.7 Å². The van der Waals surface area contributed by atoms with Crippen molar-refractivity contribution in [1.82, 2.24) is 9.29 Å². The van der Waals surface area contributed by atoms with Gasteiger partial charge in [0.05, 0.1) is 16.0 Å². The molecule has 0 amide bonds. The summed E-state index contributed by atoms with van der Waals surface area (Å²) in [6, 6.07) is 9.09. The maximum atomic E-state index is 12.7. The molecular weight excluding hydrogens is 360 g/mol. The Labute approximate surface area is 130 Å². The first kappa shape index (κ1) is 14.2. The second-order valence-electron chi connectivity index (χ2n) is 4.66. The first-order valence-corrected chi connectivity index (χ1v) is 9.29. The zero-order chi connectivity index (χ0) is 14.2. The minimum atomic E-state index is -3.43. The van der Waals surface area contributed by atoms with Crippen LogP contribution in [0.4, 0.5) is 0 Å². The molecule has 0 radical (unpaired) electrons. The van der Waals surface area contributed by atoms with Gasteiger partial charge in [0.2, 0.25) is 0 Å². The van der Waals surface area contributed by atoms with E-state index in [0.717, 1.165) is 22.3 Å². The van der Waals surface area contributed by atoms with Gasteiger partial charge in [0.1, 0.15) is 4.21 Å². The monoisotopic (exact) mass is 372 g/mol. The van der Waals surface area contributed by atoms with Gasteiger partial charge in [-0.1, -0.05) is 6.07 Å². The van der Waals surface area contributed by atoms with E-state index in [1.54, 1.807) is 22.6 Å². The van der Waals surface area contributed by atoms with E-state index in [-0.39, 0.29) is 6.04 Å². The van der Waals surface area contributed by atoms with Gasteiger partial charge in [-0.25, -0.2) is 8.42 Å². The quantitative estimate of drug-likeness (QED) is 0.809. The highest BCUT2D eigenvalue weighted by atomic mass is 79.9. The third-order valence-electron chi connectivity index (χ3n) is 3.11. The lowest BCUT2D eigenvalue weighted by Gasteiger charge is -2.20. The van der Waals surface area contributed by atoms with Crippen LogP contribution < -0.4 is 0 Å². The number of nitrogens with zero attached hydrogens (tertiary/aromatic N) is 2. The normalized spacial score (nSPS) is 15.7. The molecule has 2 heterocycles. The van der Waals surface area contributed by atoms with Crippen molar-refractivity contribution in [2.45, 2.75) is 29.6 Å². The first-order chi connectivity index (χ1) is 9.57. The van der Waals surface area contributed by atoms with Gasteiger partial charge in [0.15, 0.2) is 0 Å². The van der Waals surface area contributed by atoms with Gasteiger partial charge in [-0.15, -0.1) is 11.3 Å². The van der Waals surface area contributed by atoms with Gasteiger partial charge in [-0.2, -0.15) is 4.31 Å². The number of halogens is 1. The van der Waals surface area contributed by atoms with Crippen LogP contribution in [0.2, 0.25) is 0 Å². The first-order valence-electron chi connectivity index (χ1n) is 6.24. The topological polar surface area (TPSA) is 50.3 Å². The summed E-state index contributed by atoms with van der Waals surface area (Å²) < 4.78 is 28.2. The van der Waals surface area contributed by atoms with E-state index >= 15 is 0 Å². The Balaban J connectivity index is 1.91. The smallest absolute Gasteiger partial charge is 0.253 e. The minimum Gasteiger partial charge on any atom is -0.260 e. The largest absolute Gasteiger partial charge is 0.260 e. The lowest BCUT2D eigenvalue weighted by atomic mass is 10.3. The molecule has 1 aliphatic carbocycles. The molecule has 0 atom stereocenters. The maximum Gasteiger partial charge on any atom is 0.253 e. The third kappa shape index (κ3) is 2.95. The van der Waals surface area contributed by atoms with Gasteiger partial charge < -0.3 is 0 Å². The van der Waals surface area contributed by atoms with Gasteiger partial charge in [0, 0.05) is 12.2 Å². The molecule has 0 N–H and O–H groups in total. The van der Waals surface area contributed by atoms with Gasteiger partial charge in [-0.05, 0) is 53.0 Å². The fourth-order valence-corrected chi connectivity index (χ4v) is 5.77. The summed E-state index contributed by atoms with van der Waals surface area (Å²) in [5.74, 6) is 0. The summed E-state index contributed by atoms with van der Waals surface area (Å²) in [7, 11) is -3.43. The van der Waals surface area contributed by atoms with Crippen LogP contribution in [0.3, 0.4) is 0 Å². The average Bonchev–Trinajstić information content (AvgIpc) is 3.17. The van der Waals surface area contributed by atoms with E-state index in [9.17, 15) is 8.42 Å². The summed E-state index contributed by atoms with van der Waals surface area (Å²) in [5.41, 5.74) is 0.776. The van der Waals surface area contributed by atoms with Crippen LogP contribution >= 0.6 is 27.3 Å². The third-order valence-corrected chi connectivity index (χ3v) is 7.10. The van der Waals surface area contributed by atoms with E-state index in [2.05, 4.69) is 20.9 Å². The molecule has 20 heavy (non-hydrogen) atoms. The zero-order valence-electron chi connectivity index (χ0n) is 10.6. The number of rotatable bonds is 5. The van der Waals surface area contributed by atoms with Gasteiger partial charge in [-0.3, -0.25) is 4.98 Å². The molecule has 4 nitrogen and oxygen atoms in total. The van der Waals surface area contributed by atoms with Crippen molar-refractivity contribution in [3.63, 3.8) is 0 Å². The van der Waals surface area contributed by atoms with E-state index in [4.69, 9.17) is 0 Å². The van der Waals surface area contributed by atoms with Crippen LogP contribution in [0.15, 0.2) is 44.5 Å². The Morgan fingerprint density at radius 1 is 1.30 bits per heavy atom. The maximum absolute atomic E-state index is 12.7. The summed E-state index contributed by atoms with van der Waals surface area (Å²) >= 11 is 4.56. The van der Waals surface area contributed by atoms with E-state index < -0.39 is 10.0 Å². The Morgan fingerprint density at radius 3 is 2.65 bits per heavy atom. The summed E-state index contributed by atoms with van der Waals surface area (Å²) in [4.78, 5) is 4.23. The van der Waals surface area contributed by atoms with Gasteiger partial charge in [0.25, 0.3) is 10.0 Å². The average molecular weight is 373 g/mol. The number of aromatic nitrogens is 1. The van der Waals surface area contributed by atoms with Gasteiger partial charge >= 0.3 is 0 Å². The Bertz CT molecular complexity index is 696.